The zero-order chi connectivity index (χ0) is 30.1. The monoisotopic (exact) mass is 653 g/mol. The minimum absolute atomic E-state index is 0.0280. The van der Waals surface area contributed by atoms with Gasteiger partial charge in [0.1, 0.15) is 11.5 Å². The van der Waals surface area contributed by atoms with Gasteiger partial charge < -0.3 is 18.6 Å². The summed E-state index contributed by atoms with van der Waals surface area (Å²) in [5.74, 6) is 1.19. The standard InChI is InChI=1S/C29H24BrN3O8S/c1-5-40-28(35)25-15(2)31-29-32(26(25)19-13-22(38-3)23(39-4)14-20(19)30)27(34)24(42-29)12-18-10-11-21(41-18)16-6-8-17(9-7-16)33(36)37/h6-14,26H,5H2,1-4H3/b24-12-. The molecule has 42 heavy (non-hydrogen) atoms. The zero-order valence-corrected chi connectivity index (χ0v) is 25.3. The molecule has 1 atom stereocenters. The summed E-state index contributed by atoms with van der Waals surface area (Å²) in [6.07, 6.45) is 1.60. The molecule has 0 saturated carbocycles. The van der Waals surface area contributed by atoms with Crippen LogP contribution >= 0.6 is 27.3 Å². The summed E-state index contributed by atoms with van der Waals surface area (Å²) in [7, 11) is 3.02. The van der Waals surface area contributed by atoms with E-state index in [2.05, 4.69) is 20.9 Å². The fourth-order valence-electron chi connectivity index (χ4n) is 4.63. The molecule has 0 fully saturated rings. The van der Waals surface area contributed by atoms with Crippen molar-refractivity contribution in [1.29, 1.82) is 0 Å². The molecule has 2 aromatic carbocycles. The second-order valence-corrected chi connectivity index (χ2v) is 10.9. The number of furan rings is 1. The quantitative estimate of drug-likeness (QED) is 0.151. The molecule has 5 rings (SSSR count). The van der Waals surface area contributed by atoms with Gasteiger partial charge >= 0.3 is 5.97 Å². The molecule has 3 heterocycles. The number of nitro groups is 1. The van der Waals surface area contributed by atoms with E-state index in [-0.39, 0.29) is 23.4 Å². The van der Waals surface area contributed by atoms with Crippen LogP contribution in [0, 0.1) is 10.1 Å². The first-order valence-electron chi connectivity index (χ1n) is 12.6. The number of thiazole rings is 1. The van der Waals surface area contributed by atoms with Gasteiger partial charge in [0.25, 0.3) is 11.2 Å². The number of rotatable bonds is 8. The van der Waals surface area contributed by atoms with Crippen molar-refractivity contribution >= 4 is 45.0 Å². The minimum Gasteiger partial charge on any atom is -0.493 e. The number of benzene rings is 2. The maximum absolute atomic E-state index is 13.9. The van der Waals surface area contributed by atoms with Gasteiger partial charge in [0, 0.05) is 28.2 Å². The highest BCUT2D eigenvalue weighted by Crippen LogP contribution is 2.40. The molecule has 1 aliphatic rings. The fourth-order valence-corrected chi connectivity index (χ4v) is 6.19. The molecule has 4 aromatic rings. The number of nitrogens with zero attached hydrogens (tertiary/aromatic N) is 3. The summed E-state index contributed by atoms with van der Waals surface area (Å²) in [4.78, 5) is 42.6. The van der Waals surface area contributed by atoms with Crippen LogP contribution in [0.25, 0.3) is 17.4 Å². The first-order valence-corrected chi connectivity index (χ1v) is 14.2. The molecule has 0 spiro atoms. The molecule has 11 nitrogen and oxygen atoms in total. The number of methoxy groups -OCH3 is 2. The summed E-state index contributed by atoms with van der Waals surface area (Å²) in [6, 6.07) is 11.9. The van der Waals surface area contributed by atoms with E-state index in [0.717, 1.165) is 11.3 Å². The second kappa shape index (κ2) is 11.8. The van der Waals surface area contributed by atoms with Crippen LogP contribution in [0.2, 0.25) is 0 Å². The molecule has 0 aliphatic carbocycles. The predicted molar refractivity (Wildman–Crippen MR) is 158 cm³/mol. The number of allylic oxidation sites excluding steroid dienone is 1. The lowest BCUT2D eigenvalue weighted by molar-refractivity contribution is -0.384. The third-order valence-corrected chi connectivity index (χ3v) is 8.25. The average Bonchev–Trinajstić information content (AvgIpc) is 3.56. The lowest BCUT2D eigenvalue weighted by atomic mass is 9.95. The largest absolute Gasteiger partial charge is 0.493 e. The molecule has 0 bridgehead atoms. The molecular weight excluding hydrogens is 630 g/mol. The molecule has 1 aliphatic heterocycles. The Labute approximate surface area is 251 Å². The summed E-state index contributed by atoms with van der Waals surface area (Å²) in [6.45, 7) is 3.56. The Balaban J connectivity index is 1.65. The van der Waals surface area contributed by atoms with Crippen molar-refractivity contribution in [3.8, 4) is 22.8 Å². The SMILES string of the molecule is CCOC(=O)C1=C(C)N=c2s/c(=C\c3ccc(-c4ccc([N+](=O)[O-])cc4)o3)c(=O)n2C1c1cc(OC)c(OC)cc1Br. The van der Waals surface area contributed by atoms with E-state index in [9.17, 15) is 19.7 Å². The number of halogens is 1. The molecule has 0 saturated heterocycles. The number of hydrogen-bond acceptors (Lipinski definition) is 10. The highest BCUT2D eigenvalue weighted by molar-refractivity contribution is 9.10. The summed E-state index contributed by atoms with van der Waals surface area (Å²) in [5.41, 5.74) is 1.47. The zero-order valence-electron chi connectivity index (χ0n) is 22.9. The average molecular weight is 654 g/mol. The number of nitro benzene ring substituents is 1. The van der Waals surface area contributed by atoms with E-state index in [0.29, 0.717) is 53.6 Å². The van der Waals surface area contributed by atoms with Crippen LogP contribution in [0.15, 0.2) is 78.5 Å². The van der Waals surface area contributed by atoms with Crippen molar-refractivity contribution in [3.63, 3.8) is 0 Å². The van der Waals surface area contributed by atoms with Crippen LogP contribution in [0.5, 0.6) is 11.5 Å². The minimum atomic E-state index is -0.871. The van der Waals surface area contributed by atoms with Crippen LogP contribution in [-0.4, -0.2) is 36.3 Å². The van der Waals surface area contributed by atoms with Gasteiger partial charge in [-0.3, -0.25) is 19.5 Å². The summed E-state index contributed by atoms with van der Waals surface area (Å²) in [5, 5.41) is 11.0. The van der Waals surface area contributed by atoms with Crippen molar-refractivity contribution in [3.05, 3.63) is 105 Å². The number of carbonyl (C=O) groups excluding carboxylic acids is 1. The number of carbonyl (C=O) groups is 1. The van der Waals surface area contributed by atoms with Gasteiger partial charge in [-0.25, -0.2) is 9.79 Å². The van der Waals surface area contributed by atoms with Crippen molar-refractivity contribution in [1.82, 2.24) is 4.57 Å². The van der Waals surface area contributed by atoms with Crippen LogP contribution in [0.3, 0.4) is 0 Å². The first-order chi connectivity index (χ1) is 20.2. The van der Waals surface area contributed by atoms with E-state index in [1.807, 2.05) is 0 Å². The van der Waals surface area contributed by atoms with Gasteiger partial charge in [-0.2, -0.15) is 0 Å². The van der Waals surface area contributed by atoms with Crippen LogP contribution in [-0.2, 0) is 9.53 Å². The molecular formula is C29H24BrN3O8S. The Morgan fingerprint density at radius 1 is 1.17 bits per heavy atom. The van der Waals surface area contributed by atoms with Gasteiger partial charge in [-0.1, -0.05) is 27.3 Å². The lowest BCUT2D eigenvalue weighted by Crippen LogP contribution is -2.40. The first kappa shape index (κ1) is 29.0. The van der Waals surface area contributed by atoms with E-state index in [4.69, 9.17) is 18.6 Å². The third kappa shape index (κ3) is 5.28. The number of non-ortho nitro benzene ring substituents is 1. The van der Waals surface area contributed by atoms with E-state index < -0.39 is 16.9 Å². The maximum atomic E-state index is 13.9. The third-order valence-electron chi connectivity index (χ3n) is 6.58. The normalized spacial score (nSPS) is 14.8. The van der Waals surface area contributed by atoms with Gasteiger partial charge in [0.15, 0.2) is 16.3 Å². The van der Waals surface area contributed by atoms with E-state index in [1.165, 1.54) is 30.9 Å². The van der Waals surface area contributed by atoms with Gasteiger partial charge in [-0.05, 0) is 55.8 Å². The number of aromatic nitrogens is 1. The number of hydrogen-bond donors (Lipinski definition) is 0. The second-order valence-electron chi connectivity index (χ2n) is 9.04. The maximum Gasteiger partial charge on any atom is 0.338 e. The molecule has 0 amide bonds. The molecule has 1 unspecified atom stereocenters. The lowest BCUT2D eigenvalue weighted by Gasteiger charge is -2.26. The van der Waals surface area contributed by atoms with Gasteiger partial charge in [0.05, 0.1) is 47.6 Å². The van der Waals surface area contributed by atoms with E-state index >= 15 is 0 Å². The highest BCUT2D eigenvalue weighted by Gasteiger charge is 2.35. The number of esters is 1. The van der Waals surface area contributed by atoms with E-state index in [1.54, 1.807) is 56.3 Å². The van der Waals surface area contributed by atoms with Crippen LogP contribution < -0.4 is 24.4 Å². The van der Waals surface area contributed by atoms with Crippen molar-refractivity contribution in [2.45, 2.75) is 19.9 Å². The Morgan fingerprint density at radius 2 is 1.86 bits per heavy atom. The Hall–Kier alpha value is -4.49. The van der Waals surface area contributed by atoms with Crippen LogP contribution in [0.4, 0.5) is 5.69 Å². The molecule has 2 aromatic heterocycles. The van der Waals surface area contributed by atoms with Crippen molar-refractivity contribution in [2.24, 2.45) is 4.99 Å². The predicted octanol–water partition coefficient (Wildman–Crippen LogP) is 4.75. The Morgan fingerprint density at radius 3 is 2.50 bits per heavy atom. The Kier molecular flexibility index (Phi) is 8.14. The molecule has 216 valence electrons. The van der Waals surface area contributed by atoms with Crippen molar-refractivity contribution < 1.29 is 28.3 Å². The smallest absolute Gasteiger partial charge is 0.338 e. The fraction of sp³-hybridized carbons (Fsp3) is 0.207. The van der Waals surface area contributed by atoms with Crippen molar-refractivity contribution in [2.75, 3.05) is 20.8 Å². The number of ether oxygens (including phenoxy) is 3. The molecule has 0 N–H and O–H groups in total. The summed E-state index contributed by atoms with van der Waals surface area (Å²) < 4.78 is 24.6. The topological polar surface area (TPSA) is 135 Å². The molecule has 0 radical (unpaired) electrons. The van der Waals surface area contributed by atoms with Crippen LogP contribution in [0.1, 0.15) is 31.2 Å². The van der Waals surface area contributed by atoms with Gasteiger partial charge in [-0.15, -0.1) is 0 Å². The summed E-state index contributed by atoms with van der Waals surface area (Å²) >= 11 is 4.74. The highest BCUT2D eigenvalue weighted by atomic mass is 79.9. The Bertz CT molecular complexity index is 1920. The molecule has 13 heteroatoms. The van der Waals surface area contributed by atoms with Gasteiger partial charge in [0.2, 0.25) is 0 Å². The number of fused-ring (bicyclic) bond motifs is 1.